The highest BCUT2D eigenvalue weighted by molar-refractivity contribution is 6.76. The Labute approximate surface area is 227 Å². The van der Waals surface area contributed by atoms with Crippen LogP contribution in [0.2, 0.25) is 25.7 Å². The molecule has 10 nitrogen and oxygen atoms in total. The standard InChI is InChI=1S/C27H44N6O4Si/c1-27(2,3)37-26(35)32-13-9-20(10-14-32)30(4)22-17-28-24-23(29-22)21(25(34)31-11-8-12-31)18-33(24)19-36-15-16-38(5,6)7/h17-18,20H,8-16,19H2,1-7H3. The van der Waals surface area contributed by atoms with Crippen molar-refractivity contribution >= 4 is 37.1 Å². The number of nitrogens with zero attached hydrogens (tertiary/aromatic N) is 6. The summed E-state index contributed by atoms with van der Waals surface area (Å²) < 4.78 is 13.4. The van der Waals surface area contributed by atoms with E-state index in [2.05, 4.69) is 24.5 Å². The molecule has 0 N–H and O–H groups in total. The van der Waals surface area contributed by atoms with Gasteiger partial charge in [0, 0.05) is 60.1 Å². The van der Waals surface area contributed by atoms with Crippen molar-refractivity contribution < 1.29 is 19.1 Å². The third-order valence-electron chi connectivity index (χ3n) is 7.18. The molecule has 210 valence electrons. The van der Waals surface area contributed by atoms with E-state index in [1.54, 1.807) is 11.1 Å². The van der Waals surface area contributed by atoms with Crippen LogP contribution in [0.15, 0.2) is 12.4 Å². The Morgan fingerprint density at radius 2 is 1.79 bits per heavy atom. The average Bonchev–Trinajstić information content (AvgIpc) is 3.16. The first kappa shape index (κ1) is 28.3. The summed E-state index contributed by atoms with van der Waals surface area (Å²) in [5, 5.41) is 0. The van der Waals surface area contributed by atoms with Crippen LogP contribution in [0.5, 0.6) is 0 Å². The van der Waals surface area contributed by atoms with Crippen LogP contribution >= 0.6 is 0 Å². The Kier molecular flexibility index (Phi) is 8.36. The molecule has 2 aromatic rings. The zero-order valence-electron chi connectivity index (χ0n) is 24.1. The predicted molar refractivity (Wildman–Crippen MR) is 151 cm³/mol. The number of ether oxygens (including phenoxy) is 2. The quantitative estimate of drug-likeness (QED) is 0.359. The summed E-state index contributed by atoms with van der Waals surface area (Å²) in [5.41, 5.74) is 1.36. The fraction of sp³-hybridized carbons (Fsp3) is 0.704. The van der Waals surface area contributed by atoms with E-state index in [1.807, 2.05) is 43.5 Å². The van der Waals surface area contributed by atoms with Gasteiger partial charge in [-0.25, -0.2) is 14.8 Å². The number of carbonyl (C=O) groups is 2. The van der Waals surface area contributed by atoms with Gasteiger partial charge in [0.05, 0.1) is 11.8 Å². The van der Waals surface area contributed by atoms with Gasteiger partial charge in [-0.3, -0.25) is 4.79 Å². The normalized spacial score (nSPS) is 17.0. The molecule has 0 atom stereocenters. The van der Waals surface area contributed by atoms with Crippen molar-refractivity contribution in [3.63, 3.8) is 0 Å². The van der Waals surface area contributed by atoms with E-state index in [4.69, 9.17) is 19.4 Å². The van der Waals surface area contributed by atoms with Gasteiger partial charge in [0.15, 0.2) is 5.65 Å². The Hall–Kier alpha value is -2.66. The van der Waals surface area contributed by atoms with Crippen molar-refractivity contribution in [3.8, 4) is 0 Å². The van der Waals surface area contributed by atoms with Crippen molar-refractivity contribution in [2.75, 3.05) is 44.7 Å². The molecule has 4 rings (SSSR count). The van der Waals surface area contributed by atoms with Crippen LogP contribution in [-0.2, 0) is 16.2 Å². The van der Waals surface area contributed by atoms with Gasteiger partial charge in [-0.05, 0) is 46.1 Å². The third-order valence-corrected chi connectivity index (χ3v) is 8.88. The SMILES string of the molecule is CN(c1cnc2c(n1)c(C(=O)N1CCC1)cn2COCC[Si](C)(C)C)C1CCN(C(=O)OC(C)(C)C)CC1. The van der Waals surface area contributed by atoms with Crippen LogP contribution in [0, 0.1) is 0 Å². The molecule has 2 aliphatic rings. The molecule has 38 heavy (non-hydrogen) atoms. The second-order valence-corrected chi connectivity index (χ2v) is 18.3. The van der Waals surface area contributed by atoms with Crippen LogP contribution in [0.1, 0.15) is 50.4 Å². The Bertz CT molecular complexity index is 1140. The molecule has 2 saturated heterocycles. The van der Waals surface area contributed by atoms with Crippen LogP contribution in [0.3, 0.4) is 0 Å². The third kappa shape index (κ3) is 6.85. The second kappa shape index (κ2) is 11.2. The van der Waals surface area contributed by atoms with Crippen LogP contribution < -0.4 is 4.90 Å². The first-order chi connectivity index (χ1) is 17.8. The molecule has 0 unspecified atom stereocenters. The molecule has 2 aromatic heterocycles. The number of carbonyl (C=O) groups excluding carboxylic acids is 2. The van der Waals surface area contributed by atoms with Crippen molar-refractivity contribution in [2.45, 2.75) is 84.1 Å². The number of piperidine rings is 1. The molecule has 0 bridgehead atoms. The number of hydrogen-bond donors (Lipinski definition) is 0. The van der Waals surface area contributed by atoms with Gasteiger partial charge in [0.2, 0.25) is 0 Å². The lowest BCUT2D eigenvalue weighted by Gasteiger charge is -2.37. The lowest BCUT2D eigenvalue weighted by Crippen LogP contribution is -2.47. The van der Waals surface area contributed by atoms with Crippen LogP contribution in [-0.4, -0.2) is 95.9 Å². The molecule has 0 radical (unpaired) electrons. The fourth-order valence-corrected chi connectivity index (χ4v) is 5.40. The summed E-state index contributed by atoms with van der Waals surface area (Å²) >= 11 is 0. The minimum atomic E-state index is -1.19. The summed E-state index contributed by atoms with van der Waals surface area (Å²) in [6.07, 6.45) is 6.01. The van der Waals surface area contributed by atoms with Crippen molar-refractivity contribution in [1.82, 2.24) is 24.3 Å². The number of hydrogen-bond acceptors (Lipinski definition) is 7. The Balaban J connectivity index is 1.49. The number of anilines is 1. The number of fused-ring (bicyclic) bond motifs is 1. The van der Waals surface area contributed by atoms with Crippen molar-refractivity contribution in [3.05, 3.63) is 18.0 Å². The summed E-state index contributed by atoms with van der Waals surface area (Å²) in [6, 6.07) is 1.29. The maximum Gasteiger partial charge on any atom is 0.410 e. The summed E-state index contributed by atoms with van der Waals surface area (Å²) in [7, 11) is 0.822. The maximum absolute atomic E-state index is 13.2. The van der Waals surface area contributed by atoms with Crippen LogP contribution in [0.25, 0.3) is 11.2 Å². The molecule has 0 saturated carbocycles. The number of aromatic nitrogens is 3. The molecule has 2 aliphatic heterocycles. The van der Waals surface area contributed by atoms with E-state index in [1.165, 1.54) is 0 Å². The van der Waals surface area contributed by atoms with E-state index in [-0.39, 0.29) is 18.0 Å². The van der Waals surface area contributed by atoms with Gasteiger partial charge in [0.25, 0.3) is 5.91 Å². The highest BCUT2D eigenvalue weighted by atomic mass is 28.3. The van der Waals surface area contributed by atoms with E-state index in [9.17, 15) is 9.59 Å². The largest absolute Gasteiger partial charge is 0.444 e. The Morgan fingerprint density at radius 1 is 1.11 bits per heavy atom. The summed E-state index contributed by atoms with van der Waals surface area (Å²) in [5.74, 6) is 0.727. The van der Waals surface area contributed by atoms with Crippen molar-refractivity contribution in [2.24, 2.45) is 0 Å². The second-order valence-electron chi connectivity index (χ2n) is 12.7. The average molecular weight is 545 g/mol. The van der Waals surface area contributed by atoms with E-state index in [0.29, 0.717) is 43.2 Å². The maximum atomic E-state index is 13.2. The van der Waals surface area contributed by atoms with Gasteiger partial charge in [0.1, 0.15) is 23.7 Å². The smallest absolute Gasteiger partial charge is 0.410 e. The molecule has 0 aromatic carbocycles. The van der Waals surface area contributed by atoms with Gasteiger partial charge >= 0.3 is 6.09 Å². The lowest BCUT2D eigenvalue weighted by molar-refractivity contribution is 0.0205. The zero-order chi connectivity index (χ0) is 27.7. The van der Waals surface area contributed by atoms with E-state index >= 15 is 0 Å². The fourth-order valence-electron chi connectivity index (χ4n) is 4.65. The summed E-state index contributed by atoms with van der Waals surface area (Å²) in [6.45, 7) is 16.5. The molecule has 2 amide bonds. The van der Waals surface area contributed by atoms with E-state index in [0.717, 1.165) is 44.2 Å². The molecular weight excluding hydrogens is 500 g/mol. The monoisotopic (exact) mass is 544 g/mol. The molecule has 2 fully saturated rings. The molecule has 4 heterocycles. The van der Waals surface area contributed by atoms with Gasteiger partial charge in [-0.1, -0.05) is 19.6 Å². The molecule has 11 heteroatoms. The van der Waals surface area contributed by atoms with Gasteiger partial charge < -0.3 is 28.7 Å². The Morgan fingerprint density at radius 3 is 2.37 bits per heavy atom. The highest BCUT2D eigenvalue weighted by Gasteiger charge is 2.30. The highest BCUT2D eigenvalue weighted by Crippen LogP contribution is 2.27. The first-order valence-corrected chi connectivity index (χ1v) is 17.5. The lowest BCUT2D eigenvalue weighted by atomic mass is 10.0. The van der Waals surface area contributed by atoms with Gasteiger partial charge in [-0.15, -0.1) is 0 Å². The topological polar surface area (TPSA) is 93.0 Å². The number of likely N-dealkylation sites (tertiary alicyclic amines) is 2. The first-order valence-electron chi connectivity index (χ1n) is 13.8. The predicted octanol–water partition coefficient (Wildman–Crippen LogP) is 4.43. The van der Waals surface area contributed by atoms with E-state index < -0.39 is 13.7 Å². The molecule has 0 aliphatic carbocycles. The van der Waals surface area contributed by atoms with Crippen molar-refractivity contribution in [1.29, 1.82) is 0 Å². The minimum Gasteiger partial charge on any atom is -0.444 e. The molecular formula is C27H44N6O4Si. The summed E-state index contributed by atoms with van der Waals surface area (Å²) in [4.78, 5) is 41.1. The number of amides is 2. The molecule has 0 spiro atoms. The van der Waals surface area contributed by atoms with Gasteiger partial charge in [-0.2, -0.15) is 0 Å². The zero-order valence-corrected chi connectivity index (χ0v) is 25.1. The minimum absolute atomic E-state index is 0.00173. The van der Waals surface area contributed by atoms with Crippen LogP contribution in [0.4, 0.5) is 10.6 Å². The number of rotatable bonds is 8.